The van der Waals surface area contributed by atoms with Crippen LogP contribution in [0.1, 0.15) is 24.5 Å². The molecule has 1 fully saturated rings. The monoisotopic (exact) mass is 437 g/mol. The molecule has 3 rings (SSSR count). The number of carbonyl (C=O) groups is 4. The van der Waals surface area contributed by atoms with Gasteiger partial charge < -0.3 is 15.7 Å². The Balaban J connectivity index is 2.03. The zero-order valence-electron chi connectivity index (χ0n) is 17.9. The number of carbonyl (C=O) groups excluding carboxylic acids is 4. The predicted octanol–water partition coefficient (Wildman–Crippen LogP) is 0.581. The Hall–Kier alpha value is -3.52. The van der Waals surface area contributed by atoms with E-state index in [2.05, 4.69) is 10.6 Å². The second-order valence-corrected chi connectivity index (χ2v) is 7.76. The quantitative estimate of drug-likeness (QED) is 0.612. The molecule has 0 radical (unpaired) electrons. The smallest absolute Gasteiger partial charge is 0.252 e. The summed E-state index contributed by atoms with van der Waals surface area (Å²) in [5, 5.41) is 14.6. The predicted molar refractivity (Wildman–Crippen MR) is 117 cm³/mol. The van der Waals surface area contributed by atoms with Crippen molar-refractivity contribution in [3.63, 3.8) is 0 Å². The van der Waals surface area contributed by atoms with Crippen LogP contribution in [-0.2, 0) is 32.0 Å². The van der Waals surface area contributed by atoms with Crippen molar-refractivity contribution in [1.82, 2.24) is 15.5 Å². The standard InChI is InChI=1S/C24H27N3O5/c1-16-22(30)26-19(14-17-8-4-2-5-9-17)24(32)27(21(29)12-13-28)20(23(31)25-16)15-18-10-6-3-7-11-18/h2-11,16,19-20,28H,12-15H2,1H3,(H,25,31)(H,26,30)/t16-,19-,20-/m1/s1. The summed E-state index contributed by atoms with van der Waals surface area (Å²) in [5.41, 5.74) is 1.56. The van der Waals surface area contributed by atoms with Gasteiger partial charge in [0.25, 0.3) is 5.91 Å². The summed E-state index contributed by atoms with van der Waals surface area (Å²) in [4.78, 5) is 53.2. The van der Waals surface area contributed by atoms with Crippen molar-refractivity contribution in [2.45, 2.75) is 44.3 Å². The van der Waals surface area contributed by atoms with Gasteiger partial charge in [0, 0.05) is 12.8 Å². The topological polar surface area (TPSA) is 116 Å². The summed E-state index contributed by atoms with van der Waals surface area (Å²) >= 11 is 0. The third-order valence-corrected chi connectivity index (χ3v) is 5.37. The molecule has 1 aliphatic heterocycles. The lowest BCUT2D eigenvalue weighted by molar-refractivity contribution is -0.153. The van der Waals surface area contributed by atoms with E-state index >= 15 is 0 Å². The maximum atomic E-state index is 13.6. The molecule has 8 nitrogen and oxygen atoms in total. The largest absolute Gasteiger partial charge is 0.396 e. The average Bonchev–Trinajstić information content (AvgIpc) is 2.81. The van der Waals surface area contributed by atoms with Gasteiger partial charge in [0.1, 0.15) is 18.1 Å². The Morgan fingerprint density at radius 3 is 2.00 bits per heavy atom. The number of imide groups is 1. The van der Waals surface area contributed by atoms with Gasteiger partial charge in [0.2, 0.25) is 17.7 Å². The van der Waals surface area contributed by atoms with Crippen LogP contribution in [0.25, 0.3) is 0 Å². The van der Waals surface area contributed by atoms with E-state index in [0.29, 0.717) is 0 Å². The molecule has 1 aliphatic rings. The summed E-state index contributed by atoms with van der Waals surface area (Å²) in [6.07, 6.45) is -0.0618. The summed E-state index contributed by atoms with van der Waals surface area (Å²) in [6, 6.07) is 15.1. The first-order valence-electron chi connectivity index (χ1n) is 10.6. The van der Waals surface area contributed by atoms with Gasteiger partial charge in [0.05, 0.1) is 13.0 Å². The zero-order valence-corrected chi connectivity index (χ0v) is 17.9. The number of nitrogens with zero attached hydrogens (tertiary/aromatic N) is 1. The Labute approximate surface area is 186 Å². The molecule has 1 heterocycles. The minimum absolute atomic E-state index is 0.0918. The SMILES string of the molecule is C[C@H]1NC(=O)[C@@H](Cc2ccccc2)N(C(=O)CCO)C(=O)[C@@H](Cc2ccccc2)NC1=O. The zero-order chi connectivity index (χ0) is 23.1. The highest BCUT2D eigenvalue weighted by Gasteiger charge is 2.41. The van der Waals surface area contributed by atoms with Gasteiger partial charge in [-0.3, -0.25) is 24.1 Å². The first-order chi connectivity index (χ1) is 15.4. The molecule has 0 unspecified atom stereocenters. The van der Waals surface area contributed by atoms with Crippen LogP contribution >= 0.6 is 0 Å². The molecule has 3 N–H and O–H groups in total. The van der Waals surface area contributed by atoms with Crippen molar-refractivity contribution < 1.29 is 24.3 Å². The summed E-state index contributed by atoms with van der Waals surface area (Å²) in [7, 11) is 0. The number of aliphatic hydroxyl groups is 1. The fourth-order valence-electron chi connectivity index (χ4n) is 3.69. The van der Waals surface area contributed by atoms with Crippen molar-refractivity contribution in [1.29, 1.82) is 0 Å². The number of benzene rings is 2. The number of rotatable bonds is 6. The normalized spacial score (nSPS) is 21.8. The molecular formula is C24H27N3O5. The van der Waals surface area contributed by atoms with E-state index in [4.69, 9.17) is 0 Å². The molecule has 8 heteroatoms. The highest BCUT2D eigenvalue weighted by molar-refractivity contribution is 6.05. The van der Waals surface area contributed by atoms with E-state index in [1.165, 1.54) is 6.92 Å². The van der Waals surface area contributed by atoms with Gasteiger partial charge in [0.15, 0.2) is 0 Å². The Morgan fingerprint density at radius 1 is 0.875 bits per heavy atom. The fraction of sp³-hybridized carbons (Fsp3) is 0.333. The second kappa shape index (κ2) is 10.7. The highest BCUT2D eigenvalue weighted by Crippen LogP contribution is 2.17. The molecule has 0 spiro atoms. The van der Waals surface area contributed by atoms with Crippen LogP contribution in [0.15, 0.2) is 60.7 Å². The Bertz CT molecular complexity index is 964. The number of hydrogen-bond acceptors (Lipinski definition) is 5. The number of nitrogens with one attached hydrogen (secondary N) is 2. The lowest BCUT2D eigenvalue weighted by Gasteiger charge is -2.31. The minimum atomic E-state index is -1.16. The van der Waals surface area contributed by atoms with Crippen LogP contribution in [0, 0.1) is 0 Å². The van der Waals surface area contributed by atoms with Crippen LogP contribution in [0.5, 0.6) is 0 Å². The minimum Gasteiger partial charge on any atom is -0.396 e. The molecule has 0 aromatic heterocycles. The van der Waals surface area contributed by atoms with Gasteiger partial charge in [-0.2, -0.15) is 0 Å². The van der Waals surface area contributed by atoms with E-state index in [1.807, 2.05) is 36.4 Å². The highest BCUT2D eigenvalue weighted by atomic mass is 16.3. The molecule has 2 aromatic rings. The van der Waals surface area contributed by atoms with Crippen LogP contribution < -0.4 is 10.6 Å². The van der Waals surface area contributed by atoms with Gasteiger partial charge in [-0.05, 0) is 18.1 Å². The van der Waals surface area contributed by atoms with Gasteiger partial charge in [-0.1, -0.05) is 60.7 Å². The van der Waals surface area contributed by atoms with Crippen molar-refractivity contribution in [3.05, 3.63) is 71.8 Å². The molecule has 3 atom stereocenters. The molecule has 0 saturated carbocycles. The Morgan fingerprint density at radius 2 is 1.44 bits per heavy atom. The molecule has 32 heavy (non-hydrogen) atoms. The lowest BCUT2D eigenvalue weighted by atomic mass is 10.00. The summed E-state index contributed by atoms with van der Waals surface area (Å²) in [5.74, 6) is -2.46. The van der Waals surface area contributed by atoms with Crippen LogP contribution in [0.3, 0.4) is 0 Å². The molecule has 0 bridgehead atoms. The first kappa shape index (κ1) is 23.1. The van der Waals surface area contributed by atoms with E-state index in [1.54, 1.807) is 24.3 Å². The van der Waals surface area contributed by atoms with Crippen LogP contribution in [0.4, 0.5) is 0 Å². The number of hydrogen-bond donors (Lipinski definition) is 3. The first-order valence-corrected chi connectivity index (χ1v) is 10.6. The van der Waals surface area contributed by atoms with Crippen molar-refractivity contribution in [2.75, 3.05) is 6.61 Å². The second-order valence-electron chi connectivity index (χ2n) is 7.76. The van der Waals surface area contributed by atoms with Crippen molar-refractivity contribution in [2.24, 2.45) is 0 Å². The van der Waals surface area contributed by atoms with Crippen molar-refractivity contribution >= 4 is 23.6 Å². The molecule has 1 saturated heterocycles. The fourth-order valence-corrected chi connectivity index (χ4v) is 3.69. The molecule has 2 aromatic carbocycles. The maximum Gasteiger partial charge on any atom is 0.252 e. The number of amides is 4. The molecule has 0 aliphatic carbocycles. The molecular weight excluding hydrogens is 410 g/mol. The third-order valence-electron chi connectivity index (χ3n) is 5.37. The van der Waals surface area contributed by atoms with E-state index in [0.717, 1.165) is 16.0 Å². The van der Waals surface area contributed by atoms with E-state index in [9.17, 15) is 24.3 Å². The van der Waals surface area contributed by atoms with E-state index in [-0.39, 0.29) is 19.3 Å². The van der Waals surface area contributed by atoms with Gasteiger partial charge in [-0.15, -0.1) is 0 Å². The summed E-state index contributed by atoms with van der Waals surface area (Å²) in [6.45, 7) is 1.07. The van der Waals surface area contributed by atoms with Gasteiger partial charge in [-0.25, -0.2) is 0 Å². The third kappa shape index (κ3) is 5.59. The van der Waals surface area contributed by atoms with Crippen LogP contribution in [0.2, 0.25) is 0 Å². The van der Waals surface area contributed by atoms with Gasteiger partial charge >= 0.3 is 0 Å². The summed E-state index contributed by atoms with van der Waals surface area (Å²) < 4.78 is 0. The van der Waals surface area contributed by atoms with E-state index < -0.39 is 48.4 Å². The lowest BCUT2D eigenvalue weighted by Crippen LogP contribution is -2.57. The Kier molecular flexibility index (Phi) is 7.72. The average molecular weight is 437 g/mol. The molecule has 168 valence electrons. The molecule has 4 amide bonds. The number of aliphatic hydroxyl groups excluding tert-OH is 1. The van der Waals surface area contributed by atoms with Crippen LogP contribution in [-0.4, -0.2) is 58.4 Å². The van der Waals surface area contributed by atoms with Crippen molar-refractivity contribution in [3.8, 4) is 0 Å². The maximum absolute atomic E-state index is 13.6.